The van der Waals surface area contributed by atoms with Gasteiger partial charge in [-0.2, -0.15) is 0 Å². The van der Waals surface area contributed by atoms with Gasteiger partial charge in [-0.25, -0.2) is 4.39 Å². The molecule has 0 spiro atoms. The first kappa shape index (κ1) is 9.90. The Morgan fingerprint density at radius 2 is 2.12 bits per heavy atom. The normalized spacial score (nSPS) is 18.2. The van der Waals surface area contributed by atoms with E-state index in [1.165, 1.54) is 6.07 Å². The Kier molecular flexibility index (Phi) is 2.24. The molecule has 3 rings (SSSR count). The Balaban J connectivity index is 2.07. The quantitative estimate of drug-likeness (QED) is 0.796. The molecule has 0 bridgehead atoms. The van der Waals surface area contributed by atoms with E-state index in [0.29, 0.717) is 28.3 Å². The van der Waals surface area contributed by atoms with Crippen LogP contribution in [0.2, 0.25) is 0 Å². The Hall–Kier alpha value is -1.29. The van der Waals surface area contributed by atoms with E-state index in [2.05, 4.69) is 15.9 Å². The molecule has 1 atom stereocenters. The van der Waals surface area contributed by atoms with E-state index in [1.807, 2.05) is 6.07 Å². The number of halogens is 2. The van der Waals surface area contributed by atoms with Crippen molar-refractivity contribution < 1.29 is 13.5 Å². The molecule has 1 aliphatic rings. The molecule has 2 aromatic rings. The van der Waals surface area contributed by atoms with Crippen LogP contribution in [-0.2, 0) is 0 Å². The van der Waals surface area contributed by atoms with Crippen LogP contribution in [0.25, 0.3) is 0 Å². The van der Waals surface area contributed by atoms with Gasteiger partial charge in [-0.3, -0.25) is 0 Å². The summed E-state index contributed by atoms with van der Waals surface area (Å²) in [6.07, 6.45) is 0. The van der Waals surface area contributed by atoms with Crippen molar-refractivity contribution in [3.8, 4) is 5.75 Å². The lowest BCUT2D eigenvalue weighted by Crippen LogP contribution is -2.04. The van der Waals surface area contributed by atoms with Crippen molar-refractivity contribution in [3.63, 3.8) is 0 Å². The summed E-state index contributed by atoms with van der Waals surface area (Å²) in [5, 5.41) is 0. The van der Waals surface area contributed by atoms with Crippen LogP contribution in [0, 0.1) is 5.82 Å². The predicted molar refractivity (Wildman–Crippen MR) is 60.1 cm³/mol. The van der Waals surface area contributed by atoms with Gasteiger partial charge in [0.2, 0.25) is 0 Å². The average Bonchev–Trinajstić information content (AvgIpc) is 2.78. The molecule has 82 valence electrons. The van der Waals surface area contributed by atoms with E-state index in [9.17, 15) is 4.39 Å². The summed E-state index contributed by atoms with van der Waals surface area (Å²) in [6, 6.07) is 8.46. The van der Waals surface area contributed by atoms with Gasteiger partial charge in [0, 0.05) is 11.6 Å². The Morgan fingerprint density at radius 3 is 2.94 bits per heavy atom. The highest BCUT2D eigenvalue weighted by molar-refractivity contribution is 9.10. The van der Waals surface area contributed by atoms with Crippen LogP contribution in [0.4, 0.5) is 4.39 Å². The first-order valence-corrected chi connectivity index (χ1v) is 5.71. The van der Waals surface area contributed by atoms with E-state index in [4.69, 9.17) is 9.15 Å². The number of hydrogen-bond donors (Lipinski definition) is 0. The second kappa shape index (κ2) is 3.63. The molecule has 0 N–H and O–H groups in total. The third kappa shape index (κ3) is 1.45. The van der Waals surface area contributed by atoms with Crippen LogP contribution in [0.1, 0.15) is 17.2 Å². The third-order valence-electron chi connectivity index (χ3n) is 2.70. The maximum absolute atomic E-state index is 13.6. The third-order valence-corrected chi connectivity index (χ3v) is 3.09. The summed E-state index contributed by atoms with van der Waals surface area (Å²) in [6.45, 7) is 0.433. The summed E-state index contributed by atoms with van der Waals surface area (Å²) in [7, 11) is 0. The zero-order valence-corrected chi connectivity index (χ0v) is 9.83. The van der Waals surface area contributed by atoms with Crippen molar-refractivity contribution in [2.75, 3.05) is 6.61 Å². The molecule has 0 radical (unpaired) electrons. The minimum Gasteiger partial charge on any atom is -0.489 e. The van der Waals surface area contributed by atoms with Gasteiger partial charge in [0.25, 0.3) is 0 Å². The van der Waals surface area contributed by atoms with E-state index in [1.54, 1.807) is 18.2 Å². The second-order valence-corrected chi connectivity index (χ2v) is 4.45. The molecular weight excluding hydrogens is 275 g/mol. The SMILES string of the molecule is Fc1ccccc1C1COc2cc(Br)oc21. The molecule has 0 aliphatic carbocycles. The van der Waals surface area contributed by atoms with Gasteiger partial charge in [-0.05, 0) is 22.0 Å². The Labute approximate surface area is 100 Å². The molecule has 2 heterocycles. The van der Waals surface area contributed by atoms with Gasteiger partial charge >= 0.3 is 0 Å². The lowest BCUT2D eigenvalue weighted by atomic mass is 9.98. The van der Waals surface area contributed by atoms with Gasteiger partial charge in [0.1, 0.15) is 12.4 Å². The van der Waals surface area contributed by atoms with Gasteiger partial charge in [0.05, 0.1) is 5.92 Å². The lowest BCUT2D eigenvalue weighted by Gasteiger charge is -2.08. The minimum absolute atomic E-state index is 0.150. The molecule has 0 saturated carbocycles. The van der Waals surface area contributed by atoms with Crippen molar-refractivity contribution >= 4 is 15.9 Å². The molecule has 16 heavy (non-hydrogen) atoms. The number of benzene rings is 1. The Bertz CT molecular complexity index is 536. The van der Waals surface area contributed by atoms with E-state index in [0.717, 1.165) is 0 Å². The molecule has 4 heteroatoms. The first-order valence-electron chi connectivity index (χ1n) is 4.92. The second-order valence-electron chi connectivity index (χ2n) is 3.66. The standard InChI is InChI=1S/C12H8BrFO2/c13-11-5-10-12(16-11)8(6-15-10)7-3-1-2-4-9(7)14/h1-5,8H,6H2. The smallest absolute Gasteiger partial charge is 0.173 e. The first-order chi connectivity index (χ1) is 7.75. The number of fused-ring (bicyclic) bond motifs is 1. The summed E-state index contributed by atoms with van der Waals surface area (Å²) >= 11 is 3.24. The van der Waals surface area contributed by atoms with E-state index >= 15 is 0 Å². The van der Waals surface area contributed by atoms with E-state index < -0.39 is 0 Å². The van der Waals surface area contributed by atoms with Crippen LogP contribution >= 0.6 is 15.9 Å². The maximum atomic E-state index is 13.6. The van der Waals surface area contributed by atoms with Gasteiger partial charge < -0.3 is 9.15 Å². The summed E-state index contributed by atoms with van der Waals surface area (Å²) in [5.41, 5.74) is 0.614. The zero-order chi connectivity index (χ0) is 11.1. The fraction of sp³-hybridized carbons (Fsp3) is 0.167. The maximum Gasteiger partial charge on any atom is 0.173 e. The molecule has 2 nitrogen and oxygen atoms in total. The predicted octanol–water partition coefficient (Wildman–Crippen LogP) is 3.71. The summed E-state index contributed by atoms with van der Waals surface area (Å²) in [4.78, 5) is 0. The van der Waals surface area contributed by atoms with Crippen LogP contribution in [0.3, 0.4) is 0 Å². The summed E-state index contributed by atoms with van der Waals surface area (Å²) < 4.78 is 25.2. The number of ether oxygens (including phenoxy) is 1. The molecule has 1 aromatic carbocycles. The highest BCUT2D eigenvalue weighted by Gasteiger charge is 2.31. The van der Waals surface area contributed by atoms with Crippen molar-refractivity contribution in [2.45, 2.75) is 5.92 Å². The average molecular weight is 283 g/mol. The van der Waals surface area contributed by atoms with Crippen molar-refractivity contribution in [1.29, 1.82) is 0 Å². The fourth-order valence-corrected chi connectivity index (χ4v) is 2.33. The number of rotatable bonds is 1. The van der Waals surface area contributed by atoms with Gasteiger partial charge in [0.15, 0.2) is 16.2 Å². The molecule has 0 amide bonds. The van der Waals surface area contributed by atoms with Crippen LogP contribution in [0.15, 0.2) is 39.4 Å². The minimum atomic E-state index is -0.225. The van der Waals surface area contributed by atoms with E-state index in [-0.39, 0.29) is 11.7 Å². The molecule has 1 unspecified atom stereocenters. The van der Waals surface area contributed by atoms with Crippen LogP contribution in [0.5, 0.6) is 5.75 Å². The Morgan fingerprint density at radius 1 is 1.31 bits per heavy atom. The molecule has 1 aromatic heterocycles. The van der Waals surface area contributed by atoms with Gasteiger partial charge in [-0.15, -0.1) is 0 Å². The van der Waals surface area contributed by atoms with Crippen molar-refractivity contribution in [3.05, 3.63) is 52.1 Å². The summed E-state index contributed by atoms with van der Waals surface area (Å²) in [5.74, 6) is 1.01. The van der Waals surface area contributed by atoms with Crippen LogP contribution in [-0.4, -0.2) is 6.61 Å². The van der Waals surface area contributed by atoms with Gasteiger partial charge in [-0.1, -0.05) is 18.2 Å². The van der Waals surface area contributed by atoms with Crippen LogP contribution < -0.4 is 4.74 Å². The van der Waals surface area contributed by atoms with Crippen molar-refractivity contribution in [2.24, 2.45) is 0 Å². The number of furan rings is 1. The molecular formula is C12H8BrFO2. The zero-order valence-electron chi connectivity index (χ0n) is 8.24. The fourth-order valence-electron chi connectivity index (χ4n) is 1.95. The molecule has 0 fully saturated rings. The number of hydrogen-bond acceptors (Lipinski definition) is 2. The monoisotopic (exact) mass is 282 g/mol. The largest absolute Gasteiger partial charge is 0.489 e. The molecule has 0 saturated heterocycles. The van der Waals surface area contributed by atoms with Crippen molar-refractivity contribution in [1.82, 2.24) is 0 Å². The topological polar surface area (TPSA) is 22.4 Å². The lowest BCUT2D eigenvalue weighted by molar-refractivity contribution is 0.336. The highest BCUT2D eigenvalue weighted by atomic mass is 79.9. The highest BCUT2D eigenvalue weighted by Crippen LogP contribution is 2.42. The molecule has 1 aliphatic heterocycles.